The highest BCUT2D eigenvalue weighted by atomic mass is 19.3. The van der Waals surface area contributed by atoms with E-state index < -0.39 is 17.9 Å². The minimum Gasteiger partial charge on any atom is -0.376 e. The van der Waals surface area contributed by atoms with Gasteiger partial charge in [0, 0.05) is 6.61 Å². The van der Waals surface area contributed by atoms with E-state index in [1.54, 1.807) is 13.8 Å². The Bertz CT molecular complexity index is 210. The predicted octanol–water partition coefficient (Wildman–Crippen LogP) is 0.935. The first-order valence-electron chi connectivity index (χ1n) is 4.17. The van der Waals surface area contributed by atoms with Crippen molar-refractivity contribution in [2.24, 2.45) is 0 Å². The summed E-state index contributed by atoms with van der Waals surface area (Å²) in [5, 5.41) is 2.29. The maximum atomic E-state index is 11.9. The fraction of sp³-hybridized carbons (Fsp3) is 0.875. The van der Waals surface area contributed by atoms with E-state index in [1.165, 1.54) is 0 Å². The zero-order valence-electron chi connectivity index (χ0n) is 7.64. The molecule has 0 spiro atoms. The van der Waals surface area contributed by atoms with Crippen LogP contribution in [-0.4, -0.2) is 30.6 Å². The van der Waals surface area contributed by atoms with Crippen molar-refractivity contribution < 1.29 is 18.3 Å². The topological polar surface area (TPSA) is 38.3 Å². The van der Waals surface area contributed by atoms with Gasteiger partial charge in [0.1, 0.15) is 0 Å². The van der Waals surface area contributed by atoms with E-state index in [2.05, 4.69) is 5.32 Å². The van der Waals surface area contributed by atoms with Gasteiger partial charge in [-0.2, -0.15) is 8.78 Å². The van der Waals surface area contributed by atoms with E-state index in [0.717, 1.165) is 0 Å². The van der Waals surface area contributed by atoms with Crippen molar-refractivity contribution in [2.75, 3.05) is 6.61 Å². The summed E-state index contributed by atoms with van der Waals surface area (Å²) in [6, 6.07) is 0. The standard InChI is InChI=1S/C8H13F2NO2/c1-5-8(2,3-4-13-5)11-7(12)6(9)10/h5-6H,3-4H2,1-2H3,(H,11,12). The molecule has 0 aromatic carbocycles. The molecule has 1 aliphatic rings. The van der Waals surface area contributed by atoms with Gasteiger partial charge in [-0.05, 0) is 20.3 Å². The summed E-state index contributed by atoms with van der Waals surface area (Å²) in [7, 11) is 0. The van der Waals surface area contributed by atoms with Crippen molar-refractivity contribution in [1.29, 1.82) is 0 Å². The second-order valence-corrected chi connectivity index (χ2v) is 3.47. The van der Waals surface area contributed by atoms with E-state index in [1.807, 2.05) is 0 Å². The zero-order chi connectivity index (χ0) is 10.1. The van der Waals surface area contributed by atoms with Gasteiger partial charge in [0.25, 0.3) is 5.91 Å². The summed E-state index contributed by atoms with van der Waals surface area (Å²) in [6.45, 7) is 3.98. The lowest BCUT2D eigenvalue weighted by Gasteiger charge is -2.28. The number of carbonyl (C=O) groups excluding carboxylic acids is 1. The lowest BCUT2D eigenvalue weighted by Crippen LogP contribution is -2.52. The molecule has 1 heterocycles. The molecule has 13 heavy (non-hydrogen) atoms. The molecule has 2 atom stereocenters. The Morgan fingerprint density at radius 1 is 1.69 bits per heavy atom. The van der Waals surface area contributed by atoms with Gasteiger partial charge in [-0.25, -0.2) is 0 Å². The first-order chi connectivity index (χ1) is 5.96. The monoisotopic (exact) mass is 193 g/mol. The molecular weight excluding hydrogens is 180 g/mol. The van der Waals surface area contributed by atoms with E-state index >= 15 is 0 Å². The SMILES string of the molecule is CC1OCCC1(C)NC(=O)C(F)F. The van der Waals surface area contributed by atoms with Gasteiger partial charge in [-0.15, -0.1) is 0 Å². The molecule has 0 saturated carbocycles. The fourth-order valence-corrected chi connectivity index (χ4v) is 1.34. The molecule has 0 aromatic heterocycles. The molecule has 2 unspecified atom stereocenters. The van der Waals surface area contributed by atoms with Crippen LogP contribution in [0.5, 0.6) is 0 Å². The first-order valence-corrected chi connectivity index (χ1v) is 4.17. The van der Waals surface area contributed by atoms with Crippen LogP contribution in [0.15, 0.2) is 0 Å². The van der Waals surface area contributed by atoms with Gasteiger partial charge in [0.15, 0.2) is 0 Å². The predicted molar refractivity (Wildman–Crippen MR) is 42.6 cm³/mol. The van der Waals surface area contributed by atoms with Crippen LogP contribution in [0.25, 0.3) is 0 Å². The van der Waals surface area contributed by atoms with Gasteiger partial charge in [-0.3, -0.25) is 4.79 Å². The summed E-state index contributed by atoms with van der Waals surface area (Å²) in [5.41, 5.74) is -0.645. The third-order valence-electron chi connectivity index (χ3n) is 2.49. The lowest BCUT2D eigenvalue weighted by molar-refractivity contribution is -0.134. The van der Waals surface area contributed by atoms with E-state index in [-0.39, 0.29) is 6.10 Å². The smallest absolute Gasteiger partial charge is 0.315 e. The quantitative estimate of drug-likeness (QED) is 0.708. The molecule has 1 N–H and O–H groups in total. The van der Waals surface area contributed by atoms with Crippen molar-refractivity contribution in [2.45, 2.75) is 38.3 Å². The van der Waals surface area contributed by atoms with Crippen LogP contribution in [0, 0.1) is 0 Å². The first kappa shape index (κ1) is 10.4. The normalized spacial score (nSPS) is 33.8. The van der Waals surface area contributed by atoms with Gasteiger partial charge in [0.05, 0.1) is 11.6 Å². The molecule has 0 radical (unpaired) electrons. The lowest BCUT2D eigenvalue weighted by atomic mass is 9.95. The van der Waals surface area contributed by atoms with Crippen molar-refractivity contribution >= 4 is 5.91 Å². The van der Waals surface area contributed by atoms with Crippen molar-refractivity contribution in [3.05, 3.63) is 0 Å². The molecule has 3 nitrogen and oxygen atoms in total. The number of carbonyl (C=O) groups is 1. The van der Waals surface area contributed by atoms with E-state index in [9.17, 15) is 13.6 Å². The van der Waals surface area contributed by atoms with Crippen LogP contribution >= 0.6 is 0 Å². The Labute approximate surface area is 75.4 Å². The van der Waals surface area contributed by atoms with Crippen molar-refractivity contribution in [1.82, 2.24) is 5.32 Å². The van der Waals surface area contributed by atoms with Crippen LogP contribution in [0.3, 0.4) is 0 Å². The molecule has 1 fully saturated rings. The number of nitrogens with one attached hydrogen (secondary N) is 1. The molecule has 0 aliphatic carbocycles. The highest BCUT2D eigenvalue weighted by Crippen LogP contribution is 2.25. The maximum absolute atomic E-state index is 11.9. The van der Waals surface area contributed by atoms with Crippen LogP contribution in [-0.2, 0) is 9.53 Å². The number of hydrogen-bond donors (Lipinski definition) is 1. The van der Waals surface area contributed by atoms with Crippen LogP contribution in [0.1, 0.15) is 20.3 Å². The minimum absolute atomic E-state index is 0.213. The van der Waals surface area contributed by atoms with Crippen LogP contribution in [0.4, 0.5) is 8.78 Å². The molecular formula is C8H13F2NO2. The molecule has 1 aliphatic heterocycles. The summed E-state index contributed by atoms with van der Waals surface area (Å²) in [6.07, 6.45) is -2.59. The Hall–Kier alpha value is -0.710. The number of alkyl halides is 2. The number of ether oxygens (including phenoxy) is 1. The largest absolute Gasteiger partial charge is 0.376 e. The average molecular weight is 193 g/mol. The Balaban J connectivity index is 2.56. The molecule has 1 amide bonds. The number of halogens is 2. The molecule has 0 bridgehead atoms. The van der Waals surface area contributed by atoms with Gasteiger partial charge < -0.3 is 10.1 Å². The van der Waals surface area contributed by atoms with Gasteiger partial charge >= 0.3 is 6.43 Å². The number of hydrogen-bond acceptors (Lipinski definition) is 2. The minimum atomic E-state index is -2.95. The van der Waals surface area contributed by atoms with E-state index in [0.29, 0.717) is 13.0 Å². The summed E-state index contributed by atoms with van der Waals surface area (Å²) in [4.78, 5) is 10.7. The molecule has 1 saturated heterocycles. The van der Waals surface area contributed by atoms with Crippen molar-refractivity contribution in [3.63, 3.8) is 0 Å². The van der Waals surface area contributed by atoms with E-state index in [4.69, 9.17) is 4.74 Å². The van der Waals surface area contributed by atoms with Crippen LogP contribution < -0.4 is 5.32 Å². The zero-order valence-corrected chi connectivity index (χ0v) is 7.64. The second kappa shape index (κ2) is 3.57. The van der Waals surface area contributed by atoms with Crippen LogP contribution in [0.2, 0.25) is 0 Å². The Morgan fingerprint density at radius 3 is 2.69 bits per heavy atom. The Morgan fingerprint density at radius 2 is 2.31 bits per heavy atom. The number of rotatable bonds is 2. The van der Waals surface area contributed by atoms with Gasteiger partial charge in [0.2, 0.25) is 0 Å². The number of amides is 1. The molecule has 76 valence electrons. The average Bonchev–Trinajstić information content (AvgIpc) is 2.32. The maximum Gasteiger partial charge on any atom is 0.315 e. The second-order valence-electron chi connectivity index (χ2n) is 3.47. The highest BCUT2D eigenvalue weighted by molar-refractivity contribution is 5.80. The molecule has 0 aromatic rings. The third-order valence-corrected chi connectivity index (χ3v) is 2.49. The molecule has 5 heteroatoms. The molecule has 1 rings (SSSR count). The third kappa shape index (κ3) is 2.15. The summed E-state index contributed by atoms with van der Waals surface area (Å²) in [5.74, 6) is -1.22. The fourth-order valence-electron chi connectivity index (χ4n) is 1.34. The summed E-state index contributed by atoms with van der Waals surface area (Å²) >= 11 is 0. The summed E-state index contributed by atoms with van der Waals surface area (Å²) < 4.78 is 29.0. The Kier molecular flexibility index (Phi) is 2.85. The van der Waals surface area contributed by atoms with Crippen molar-refractivity contribution in [3.8, 4) is 0 Å². The highest BCUT2D eigenvalue weighted by Gasteiger charge is 2.39. The van der Waals surface area contributed by atoms with Gasteiger partial charge in [-0.1, -0.05) is 0 Å².